The van der Waals surface area contributed by atoms with Crippen LogP contribution in [-0.2, 0) is 0 Å². The van der Waals surface area contributed by atoms with Crippen molar-refractivity contribution in [1.82, 2.24) is 4.90 Å². The standard InChI is InChI=1S/C24H21Cl6NO3/c25-16-1-4-22(19(28)13-16)32-10-7-31(8-11-33-23-5-2-17(26)14-20(23)29)9-12-34-24-6-3-18(27)15-21(24)30/h1-6,13-15H,7-12H2. The smallest absolute Gasteiger partial charge is 0.138 e. The SMILES string of the molecule is Clc1ccc(OCCN(CCOc2ccc(Cl)cc2Cl)CCOc2ccc(Cl)cc2Cl)c(Cl)c1. The monoisotopic (exact) mass is 581 g/mol. The highest BCUT2D eigenvalue weighted by Crippen LogP contribution is 2.29. The summed E-state index contributed by atoms with van der Waals surface area (Å²) in [6, 6.07) is 15.3. The van der Waals surface area contributed by atoms with Gasteiger partial charge in [0.25, 0.3) is 0 Å². The summed E-state index contributed by atoms with van der Waals surface area (Å²) >= 11 is 36.4. The summed E-state index contributed by atoms with van der Waals surface area (Å²) < 4.78 is 17.5. The summed E-state index contributed by atoms with van der Waals surface area (Å²) in [4.78, 5) is 2.14. The minimum atomic E-state index is 0.407. The van der Waals surface area contributed by atoms with Gasteiger partial charge in [-0.25, -0.2) is 0 Å². The first-order chi connectivity index (χ1) is 16.3. The zero-order chi connectivity index (χ0) is 24.5. The molecule has 10 heteroatoms. The molecule has 0 saturated heterocycles. The predicted octanol–water partition coefficient (Wildman–Crippen LogP) is 8.45. The second-order valence-electron chi connectivity index (χ2n) is 7.11. The number of hydrogen-bond donors (Lipinski definition) is 0. The summed E-state index contributed by atoms with van der Waals surface area (Å²) in [5.74, 6) is 1.71. The first-order valence-corrected chi connectivity index (χ1v) is 12.5. The number of halogens is 6. The molecule has 0 saturated carbocycles. The molecule has 182 valence electrons. The van der Waals surface area contributed by atoms with Gasteiger partial charge >= 0.3 is 0 Å². The van der Waals surface area contributed by atoms with Crippen molar-refractivity contribution in [2.75, 3.05) is 39.5 Å². The average Bonchev–Trinajstić information content (AvgIpc) is 2.77. The number of nitrogens with zero attached hydrogens (tertiary/aromatic N) is 1. The van der Waals surface area contributed by atoms with Crippen LogP contribution in [0.5, 0.6) is 17.2 Å². The Morgan fingerprint density at radius 2 is 0.765 bits per heavy atom. The average molecular weight is 584 g/mol. The van der Waals surface area contributed by atoms with Gasteiger partial charge in [-0.15, -0.1) is 0 Å². The molecule has 0 amide bonds. The minimum Gasteiger partial charge on any atom is -0.491 e. The fraction of sp³-hybridized carbons (Fsp3) is 0.250. The van der Waals surface area contributed by atoms with E-state index in [2.05, 4.69) is 4.90 Å². The van der Waals surface area contributed by atoms with E-state index in [9.17, 15) is 0 Å². The van der Waals surface area contributed by atoms with Crippen molar-refractivity contribution in [1.29, 1.82) is 0 Å². The zero-order valence-electron chi connectivity index (χ0n) is 17.9. The van der Waals surface area contributed by atoms with Gasteiger partial charge in [-0.3, -0.25) is 4.90 Å². The quantitative estimate of drug-likeness (QED) is 0.214. The third kappa shape index (κ3) is 8.76. The molecule has 0 atom stereocenters. The van der Waals surface area contributed by atoms with Crippen LogP contribution in [0.25, 0.3) is 0 Å². The van der Waals surface area contributed by atoms with Crippen molar-refractivity contribution < 1.29 is 14.2 Å². The van der Waals surface area contributed by atoms with E-state index in [0.29, 0.717) is 86.8 Å². The number of ether oxygens (including phenoxy) is 3. The molecule has 0 N–H and O–H groups in total. The van der Waals surface area contributed by atoms with Crippen LogP contribution in [0.3, 0.4) is 0 Å². The molecule has 4 nitrogen and oxygen atoms in total. The van der Waals surface area contributed by atoms with Gasteiger partial charge in [0.05, 0.1) is 15.1 Å². The molecule has 0 radical (unpaired) electrons. The highest BCUT2D eigenvalue weighted by atomic mass is 35.5. The molecule has 0 aliphatic rings. The second kappa shape index (κ2) is 13.7. The predicted molar refractivity (Wildman–Crippen MR) is 142 cm³/mol. The van der Waals surface area contributed by atoms with E-state index in [1.165, 1.54) is 0 Å². The minimum absolute atomic E-state index is 0.407. The molecule has 3 aromatic carbocycles. The Morgan fingerprint density at radius 3 is 1.03 bits per heavy atom. The summed E-state index contributed by atoms with van der Waals surface area (Å²) in [6.07, 6.45) is 0. The topological polar surface area (TPSA) is 30.9 Å². The molecule has 3 rings (SSSR count). The largest absolute Gasteiger partial charge is 0.491 e. The van der Waals surface area contributed by atoms with Gasteiger partial charge in [0, 0.05) is 34.7 Å². The van der Waals surface area contributed by atoms with E-state index in [0.717, 1.165) is 0 Å². The zero-order valence-corrected chi connectivity index (χ0v) is 22.4. The van der Waals surface area contributed by atoms with Gasteiger partial charge in [0.1, 0.15) is 37.1 Å². The second-order valence-corrected chi connectivity index (χ2v) is 9.64. The van der Waals surface area contributed by atoms with Gasteiger partial charge in [-0.05, 0) is 54.6 Å². The van der Waals surface area contributed by atoms with E-state index < -0.39 is 0 Å². The van der Waals surface area contributed by atoms with Crippen LogP contribution >= 0.6 is 69.6 Å². The van der Waals surface area contributed by atoms with Crippen LogP contribution < -0.4 is 14.2 Å². The molecule has 0 spiro atoms. The van der Waals surface area contributed by atoms with Crippen LogP contribution in [0.4, 0.5) is 0 Å². The fourth-order valence-electron chi connectivity index (χ4n) is 2.97. The van der Waals surface area contributed by atoms with Crippen LogP contribution in [-0.4, -0.2) is 44.4 Å². The van der Waals surface area contributed by atoms with E-state index in [-0.39, 0.29) is 0 Å². The lowest BCUT2D eigenvalue weighted by Gasteiger charge is -2.23. The first kappa shape index (κ1) is 27.3. The Morgan fingerprint density at radius 1 is 0.471 bits per heavy atom. The Labute approximate surface area is 229 Å². The Kier molecular flexibility index (Phi) is 11.1. The molecule has 0 aliphatic carbocycles. The number of rotatable bonds is 12. The van der Waals surface area contributed by atoms with Crippen LogP contribution in [0.15, 0.2) is 54.6 Å². The van der Waals surface area contributed by atoms with Crippen molar-refractivity contribution in [3.8, 4) is 17.2 Å². The van der Waals surface area contributed by atoms with Crippen LogP contribution in [0, 0.1) is 0 Å². The number of benzene rings is 3. The molecule has 0 unspecified atom stereocenters. The maximum absolute atomic E-state index is 6.19. The molecule has 0 fully saturated rings. The Bertz CT molecular complexity index is 962. The van der Waals surface area contributed by atoms with Crippen molar-refractivity contribution in [2.45, 2.75) is 0 Å². The van der Waals surface area contributed by atoms with Crippen LogP contribution in [0.1, 0.15) is 0 Å². The summed E-state index contributed by atoms with van der Waals surface area (Å²) in [6.45, 7) is 3.04. The van der Waals surface area contributed by atoms with Crippen molar-refractivity contribution >= 4 is 69.6 Å². The first-order valence-electron chi connectivity index (χ1n) is 10.3. The molecule has 0 aromatic heterocycles. The maximum atomic E-state index is 6.19. The lowest BCUT2D eigenvalue weighted by molar-refractivity contribution is 0.153. The van der Waals surface area contributed by atoms with E-state index in [4.69, 9.17) is 83.8 Å². The highest BCUT2D eigenvalue weighted by Gasteiger charge is 2.10. The third-order valence-corrected chi connectivity index (χ3v) is 6.27. The van der Waals surface area contributed by atoms with E-state index in [1.54, 1.807) is 54.6 Å². The van der Waals surface area contributed by atoms with Crippen LogP contribution in [0.2, 0.25) is 30.1 Å². The Balaban J connectivity index is 1.55. The molecule has 0 heterocycles. The van der Waals surface area contributed by atoms with Crippen molar-refractivity contribution in [3.05, 3.63) is 84.7 Å². The van der Waals surface area contributed by atoms with Gasteiger partial charge in [0.2, 0.25) is 0 Å². The van der Waals surface area contributed by atoms with E-state index in [1.807, 2.05) is 0 Å². The lowest BCUT2D eigenvalue weighted by atomic mass is 10.3. The highest BCUT2D eigenvalue weighted by molar-refractivity contribution is 6.36. The summed E-state index contributed by atoms with van der Waals surface area (Å²) in [5, 5.41) is 3.03. The third-order valence-electron chi connectivity index (χ3n) is 4.68. The van der Waals surface area contributed by atoms with Gasteiger partial charge in [0.15, 0.2) is 0 Å². The molecular weight excluding hydrogens is 563 g/mol. The van der Waals surface area contributed by atoms with Gasteiger partial charge < -0.3 is 14.2 Å². The van der Waals surface area contributed by atoms with Crippen molar-refractivity contribution in [2.24, 2.45) is 0 Å². The maximum Gasteiger partial charge on any atom is 0.138 e. The summed E-state index contributed by atoms with van der Waals surface area (Å²) in [5.41, 5.74) is 0. The molecule has 0 aliphatic heterocycles. The molecular formula is C24H21Cl6NO3. The fourth-order valence-corrected chi connectivity index (χ4v) is 4.36. The number of hydrogen-bond acceptors (Lipinski definition) is 4. The Hall–Kier alpha value is -1.24. The van der Waals surface area contributed by atoms with Gasteiger partial charge in [-0.1, -0.05) is 69.6 Å². The summed E-state index contributed by atoms with van der Waals surface area (Å²) in [7, 11) is 0. The van der Waals surface area contributed by atoms with E-state index >= 15 is 0 Å². The molecule has 3 aromatic rings. The lowest BCUT2D eigenvalue weighted by Crippen LogP contribution is -2.35. The van der Waals surface area contributed by atoms with Gasteiger partial charge in [-0.2, -0.15) is 0 Å². The molecule has 0 bridgehead atoms. The van der Waals surface area contributed by atoms with Crippen molar-refractivity contribution in [3.63, 3.8) is 0 Å². The normalized spacial score (nSPS) is 11.0. The molecule has 34 heavy (non-hydrogen) atoms.